The second kappa shape index (κ2) is 8.49. The van der Waals surface area contributed by atoms with E-state index in [9.17, 15) is 9.59 Å². The van der Waals surface area contributed by atoms with Crippen LogP contribution in [0, 0.1) is 0 Å². The SMILES string of the molecule is CNC(=O)CN1CCN(C(=O)c2ccc(Oc3ccccc3)cc2)CC1. The third-order valence-corrected chi connectivity index (χ3v) is 4.39. The lowest BCUT2D eigenvalue weighted by Gasteiger charge is -2.34. The molecule has 0 spiro atoms. The molecule has 6 heteroatoms. The van der Waals surface area contributed by atoms with Crippen LogP contribution in [0.1, 0.15) is 10.4 Å². The lowest BCUT2D eigenvalue weighted by atomic mass is 10.1. The Hall–Kier alpha value is -2.86. The van der Waals surface area contributed by atoms with E-state index in [2.05, 4.69) is 10.2 Å². The number of amides is 2. The summed E-state index contributed by atoms with van der Waals surface area (Å²) in [5.74, 6) is 1.47. The van der Waals surface area contributed by atoms with Crippen LogP contribution < -0.4 is 10.1 Å². The third kappa shape index (κ3) is 4.61. The standard InChI is InChI=1S/C20H23N3O3/c1-21-19(24)15-22-11-13-23(14-12-22)20(25)16-7-9-18(10-8-16)26-17-5-3-2-4-6-17/h2-10H,11-15H2,1H3,(H,21,24). The molecule has 1 aliphatic heterocycles. The highest BCUT2D eigenvalue weighted by molar-refractivity contribution is 5.94. The van der Waals surface area contributed by atoms with Crippen molar-refractivity contribution in [2.45, 2.75) is 0 Å². The van der Waals surface area contributed by atoms with Gasteiger partial charge in [-0.1, -0.05) is 18.2 Å². The number of carbonyl (C=O) groups excluding carboxylic acids is 2. The molecule has 0 saturated carbocycles. The molecule has 0 radical (unpaired) electrons. The highest BCUT2D eigenvalue weighted by Gasteiger charge is 2.23. The summed E-state index contributed by atoms with van der Waals surface area (Å²) in [6.07, 6.45) is 0. The quantitative estimate of drug-likeness (QED) is 0.893. The van der Waals surface area contributed by atoms with Gasteiger partial charge in [0, 0.05) is 38.8 Å². The molecule has 1 N–H and O–H groups in total. The van der Waals surface area contributed by atoms with E-state index in [-0.39, 0.29) is 11.8 Å². The molecule has 0 aromatic heterocycles. The Kier molecular flexibility index (Phi) is 5.86. The zero-order valence-corrected chi connectivity index (χ0v) is 14.9. The van der Waals surface area contributed by atoms with E-state index in [4.69, 9.17) is 4.74 Å². The summed E-state index contributed by atoms with van der Waals surface area (Å²) in [7, 11) is 1.63. The van der Waals surface area contributed by atoms with Crippen LogP contribution in [0.3, 0.4) is 0 Å². The maximum Gasteiger partial charge on any atom is 0.253 e. The first-order chi connectivity index (χ1) is 12.7. The van der Waals surface area contributed by atoms with E-state index in [1.807, 2.05) is 47.4 Å². The molecule has 1 aliphatic rings. The fourth-order valence-corrected chi connectivity index (χ4v) is 2.86. The lowest BCUT2D eigenvalue weighted by Crippen LogP contribution is -2.50. The van der Waals surface area contributed by atoms with E-state index in [1.54, 1.807) is 19.2 Å². The van der Waals surface area contributed by atoms with E-state index in [0.717, 1.165) is 5.75 Å². The van der Waals surface area contributed by atoms with Crippen molar-refractivity contribution in [3.63, 3.8) is 0 Å². The number of ether oxygens (including phenoxy) is 1. The maximum atomic E-state index is 12.6. The van der Waals surface area contributed by atoms with E-state index >= 15 is 0 Å². The topological polar surface area (TPSA) is 61.9 Å². The predicted molar refractivity (Wildman–Crippen MR) is 99.4 cm³/mol. The Labute approximate surface area is 153 Å². The molecule has 2 aromatic carbocycles. The second-order valence-corrected chi connectivity index (χ2v) is 6.18. The number of likely N-dealkylation sites (N-methyl/N-ethyl adjacent to an activating group) is 1. The summed E-state index contributed by atoms with van der Waals surface area (Å²) in [4.78, 5) is 28.0. The van der Waals surface area contributed by atoms with Gasteiger partial charge in [0.2, 0.25) is 5.91 Å². The molecular weight excluding hydrogens is 330 g/mol. The Balaban J connectivity index is 1.54. The largest absolute Gasteiger partial charge is 0.457 e. The number of nitrogens with zero attached hydrogens (tertiary/aromatic N) is 2. The summed E-state index contributed by atoms with van der Waals surface area (Å²) in [5.41, 5.74) is 0.644. The van der Waals surface area contributed by atoms with Crippen molar-refractivity contribution >= 4 is 11.8 Å². The molecule has 0 bridgehead atoms. The number of hydrogen-bond donors (Lipinski definition) is 1. The number of carbonyl (C=O) groups is 2. The van der Waals surface area contributed by atoms with Crippen LogP contribution >= 0.6 is 0 Å². The first-order valence-electron chi connectivity index (χ1n) is 8.71. The van der Waals surface area contributed by atoms with Gasteiger partial charge < -0.3 is 15.0 Å². The highest BCUT2D eigenvalue weighted by atomic mass is 16.5. The van der Waals surface area contributed by atoms with Gasteiger partial charge in [0.15, 0.2) is 0 Å². The summed E-state index contributed by atoms with van der Waals surface area (Å²) >= 11 is 0. The number of para-hydroxylation sites is 1. The van der Waals surface area contributed by atoms with Crippen LogP contribution in [0.15, 0.2) is 54.6 Å². The van der Waals surface area contributed by atoms with Crippen molar-refractivity contribution in [3.8, 4) is 11.5 Å². The van der Waals surface area contributed by atoms with Crippen molar-refractivity contribution in [2.75, 3.05) is 39.8 Å². The van der Waals surface area contributed by atoms with Crippen molar-refractivity contribution in [1.82, 2.24) is 15.1 Å². The van der Waals surface area contributed by atoms with Gasteiger partial charge in [0.1, 0.15) is 11.5 Å². The van der Waals surface area contributed by atoms with Crippen molar-refractivity contribution in [3.05, 3.63) is 60.2 Å². The average Bonchev–Trinajstić information content (AvgIpc) is 2.69. The monoisotopic (exact) mass is 353 g/mol. The van der Waals surface area contributed by atoms with Gasteiger partial charge in [0.05, 0.1) is 6.54 Å². The Morgan fingerprint density at radius 2 is 1.54 bits per heavy atom. The van der Waals surface area contributed by atoms with Crippen LogP contribution in [0.25, 0.3) is 0 Å². The van der Waals surface area contributed by atoms with Gasteiger partial charge in [-0.3, -0.25) is 14.5 Å². The number of benzene rings is 2. The van der Waals surface area contributed by atoms with Crippen LogP contribution in [0.5, 0.6) is 11.5 Å². The number of piperazine rings is 1. The zero-order chi connectivity index (χ0) is 18.4. The van der Waals surface area contributed by atoms with Crippen LogP contribution in [0.2, 0.25) is 0 Å². The van der Waals surface area contributed by atoms with Crippen LogP contribution in [-0.2, 0) is 4.79 Å². The van der Waals surface area contributed by atoms with Crippen molar-refractivity contribution in [2.24, 2.45) is 0 Å². The highest BCUT2D eigenvalue weighted by Crippen LogP contribution is 2.21. The molecule has 1 fully saturated rings. The van der Waals surface area contributed by atoms with Gasteiger partial charge in [-0.2, -0.15) is 0 Å². The Morgan fingerprint density at radius 1 is 0.923 bits per heavy atom. The fraction of sp³-hybridized carbons (Fsp3) is 0.300. The first kappa shape index (κ1) is 17.9. The molecule has 1 saturated heterocycles. The van der Waals surface area contributed by atoms with Gasteiger partial charge in [0.25, 0.3) is 5.91 Å². The minimum atomic E-state index is -0.00113. The minimum Gasteiger partial charge on any atom is -0.457 e. The van der Waals surface area contributed by atoms with Crippen molar-refractivity contribution in [1.29, 1.82) is 0 Å². The molecule has 3 rings (SSSR count). The van der Waals surface area contributed by atoms with Crippen molar-refractivity contribution < 1.29 is 14.3 Å². The Bertz CT molecular complexity index is 739. The molecule has 0 atom stereocenters. The van der Waals surface area contributed by atoms with E-state index in [0.29, 0.717) is 44.0 Å². The second-order valence-electron chi connectivity index (χ2n) is 6.18. The molecule has 0 aliphatic carbocycles. The molecule has 6 nitrogen and oxygen atoms in total. The van der Waals surface area contributed by atoms with Crippen LogP contribution in [0.4, 0.5) is 0 Å². The molecule has 2 aromatic rings. The molecule has 136 valence electrons. The predicted octanol–water partition coefficient (Wildman–Crippen LogP) is 1.98. The lowest BCUT2D eigenvalue weighted by molar-refractivity contribution is -0.122. The third-order valence-electron chi connectivity index (χ3n) is 4.39. The van der Waals surface area contributed by atoms with E-state index < -0.39 is 0 Å². The summed E-state index contributed by atoms with van der Waals surface area (Å²) in [5, 5.41) is 2.62. The Morgan fingerprint density at radius 3 is 2.15 bits per heavy atom. The number of hydrogen-bond acceptors (Lipinski definition) is 4. The molecule has 2 amide bonds. The molecule has 1 heterocycles. The van der Waals surface area contributed by atoms with E-state index in [1.165, 1.54) is 0 Å². The van der Waals surface area contributed by atoms with Crippen LogP contribution in [-0.4, -0.2) is 61.4 Å². The first-order valence-corrected chi connectivity index (χ1v) is 8.71. The smallest absolute Gasteiger partial charge is 0.253 e. The summed E-state index contributed by atoms with van der Waals surface area (Å²) in [6.45, 7) is 3.03. The normalized spacial score (nSPS) is 14.7. The van der Waals surface area contributed by atoms with Gasteiger partial charge in [-0.05, 0) is 36.4 Å². The molecule has 0 unspecified atom stereocenters. The fourth-order valence-electron chi connectivity index (χ4n) is 2.86. The van der Waals surface area contributed by atoms with Gasteiger partial charge in [-0.15, -0.1) is 0 Å². The van der Waals surface area contributed by atoms with Gasteiger partial charge in [-0.25, -0.2) is 0 Å². The summed E-state index contributed by atoms with van der Waals surface area (Å²) < 4.78 is 5.75. The average molecular weight is 353 g/mol. The summed E-state index contributed by atoms with van der Waals surface area (Å²) in [6, 6.07) is 16.7. The zero-order valence-electron chi connectivity index (χ0n) is 14.9. The number of rotatable bonds is 5. The molecule has 26 heavy (non-hydrogen) atoms. The maximum absolute atomic E-state index is 12.6. The number of nitrogens with one attached hydrogen (secondary N) is 1. The van der Waals surface area contributed by atoms with Gasteiger partial charge >= 0.3 is 0 Å². The molecular formula is C20H23N3O3. The minimum absolute atomic E-state index is 0.00113.